The molecule has 5 heteroatoms. The molecule has 1 aromatic carbocycles. The van der Waals surface area contributed by atoms with Crippen molar-refractivity contribution in [1.82, 2.24) is 10.2 Å². The summed E-state index contributed by atoms with van der Waals surface area (Å²) in [5.41, 5.74) is 1.11. The van der Waals surface area contributed by atoms with E-state index in [0.717, 1.165) is 43.3 Å². The van der Waals surface area contributed by atoms with Gasteiger partial charge in [0.1, 0.15) is 11.5 Å². The molecule has 1 N–H and O–H groups in total. The number of benzene rings is 1. The highest BCUT2D eigenvalue weighted by Crippen LogP contribution is 2.32. The fraction of sp³-hybridized carbons (Fsp3) is 0.625. The Bertz CT molecular complexity index is 453. The molecular weight excluding hydrogens is 268 g/mol. The van der Waals surface area contributed by atoms with E-state index in [9.17, 15) is 0 Å². The van der Waals surface area contributed by atoms with Gasteiger partial charge < -0.3 is 24.4 Å². The summed E-state index contributed by atoms with van der Waals surface area (Å²) in [4.78, 5) is 2.30. The molecule has 0 radical (unpaired) electrons. The number of hydrogen-bond acceptors (Lipinski definition) is 5. The highest BCUT2D eigenvalue weighted by atomic mass is 16.5. The molecular formula is C16H26N2O3. The van der Waals surface area contributed by atoms with Crippen LogP contribution in [0.15, 0.2) is 18.2 Å². The summed E-state index contributed by atoms with van der Waals surface area (Å²) in [6, 6.07) is 6.06. The van der Waals surface area contributed by atoms with Gasteiger partial charge in [0.05, 0.1) is 33.0 Å². The first-order valence-electron chi connectivity index (χ1n) is 7.45. The Hall–Kier alpha value is -1.30. The summed E-state index contributed by atoms with van der Waals surface area (Å²) in [5, 5.41) is 3.53. The van der Waals surface area contributed by atoms with E-state index in [-0.39, 0.29) is 12.1 Å². The van der Waals surface area contributed by atoms with Crippen LogP contribution in [0, 0.1) is 0 Å². The van der Waals surface area contributed by atoms with Crippen LogP contribution in [0.4, 0.5) is 0 Å². The van der Waals surface area contributed by atoms with Crippen molar-refractivity contribution in [2.45, 2.75) is 19.1 Å². The van der Waals surface area contributed by atoms with E-state index >= 15 is 0 Å². The lowest BCUT2D eigenvalue weighted by molar-refractivity contribution is -0.0393. The smallest absolute Gasteiger partial charge is 0.127 e. The monoisotopic (exact) mass is 294 g/mol. The van der Waals surface area contributed by atoms with Crippen molar-refractivity contribution in [2.24, 2.45) is 0 Å². The molecule has 0 aliphatic carbocycles. The van der Waals surface area contributed by atoms with Gasteiger partial charge >= 0.3 is 0 Å². The second-order valence-corrected chi connectivity index (χ2v) is 5.31. The van der Waals surface area contributed by atoms with E-state index in [1.807, 2.05) is 12.1 Å². The quantitative estimate of drug-likeness (QED) is 0.865. The molecule has 0 aromatic heterocycles. The number of ether oxygens (including phenoxy) is 3. The van der Waals surface area contributed by atoms with Gasteiger partial charge in [-0.2, -0.15) is 0 Å². The van der Waals surface area contributed by atoms with Crippen LogP contribution in [-0.4, -0.2) is 58.5 Å². The first kappa shape index (κ1) is 16.1. The zero-order chi connectivity index (χ0) is 15.2. The standard InChI is InChI=1S/C16H26N2O3/c1-5-17-16(15-11-18(2)8-9-21-15)13-7-6-12(19-3)10-14(13)20-4/h6-7,10,15-17H,5,8-9,11H2,1-4H3. The molecule has 1 fully saturated rings. The second kappa shape index (κ2) is 7.64. The van der Waals surface area contributed by atoms with Gasteiger partial charge in [-0.05, 0) is 25.7 Å². The maximum atomic E-state index is 5.98. The largest absolute Gasteiger partial charge is 0.497 e. The third kappa shape index (κ3) is 3.87. The van der Waals surface area contributed by atoms with E-state index in [1.54, 1.807) is 14.2 Å². The molecule has 2 unspecified atom stereocenters. The minimum Gasteiger partial charge on any atom is -0.497 e. The second-order valence-electron chi connectivity index (χ2n) is 5.31. The number of hydrogen-bond donors (Lipinski definition) is 1. The lowest BCUT2D eigenvalue weighted by atomic mass is 9.98. The van der Waals surface area contributed by atoms with E-state index in [1.165, 1.54) is 0 Å². The highest BCUT2D eigenvalue weighted by Gasteiger charge is 2.29. The van der Waals surface area contributed by atoms with Gasteiger partial charge in [0.15, 0.2) is 0 Å². The molecule has 1 aliphatic rings. The predicted octanol–water partition coefficient (Wildman–Crippen LogP) is 1.68. The summed E-state index contributed by atoms with van der Waals surface area (Å²) >= 11 is 0. The molecule has 1 aliphatic heterocycles. The van der Waals surface area contributed by atoms with Crippen molar-refractivity contribution in [3.05, 3.63) is 23.8 Å². The Labute approximate surface area is 127 Å². The number of nitrogens with zero attached hydrogens (tertiary/aromatic N) is 1. The number of likely N-dealkylation sites (N-methyl/N-ethyl adjacent to an activating group) is 2. The molecule has 0 amide bonds. The van der Waals surface area contributed by atoms with Crippen molar-refractivity contribution in [3.8, 4) is 11.5 Å². The van der Waals surface area contributed by atoms with Gasteiger partial charge in [-0.1, -0.05) is 6.92 Å². The van der Waals surface area contributed by atoms with Crippen LogP contribution in [0.2, 0.25) is 0 Å². The zero-order valence-corrected chi connectivity index (χ0v) is 13.4. The highest BCUT2D eigenvalue weighted by molar-refractivity contribution is 5.43. The third-order valence-corrected chi connectivity index (χ3v) is 3.87. The fourth-order valence-corrected chi connectivity index (χ4v) is 2.75. The lowest BCUT2D eigenvalue weighted by Gasteiger charge is -2.36. The Kier molecular flexibility index (Phi) is 5.85. The van der Waals surface area contributed by atoms with Crippen molar-refractivity contribution in [2.75, 3.05) is 47.5 Å². The molecule has 0 spiro atoms. The van der Waals surface area contributed by atoms with Gasteiger partial charge in [0.2, 0.25) is 0 Å². The topological polar surface area (TPSA) is 43.0 Å². The third-order valence-electron chi connectivity index (χ3n) is 3.87. The van der Waals surface area contributed by atoms with Crippen LogP contribution >= 0.6 is 0 Å². The average Bonchev–Trinajstić information content (AvgIpc) is 2.52. The molecule has 1 saturated heterocycles. The lowest BCUT2D eigenvalue weighted by Crippen LogP contribution is -2.46. The Morgan fingerprint density at radius 1 is 1.38 bits per heavy atom. The summed E-state index contributed by atoms with van der Waals surface area (Å²) in [6.07, 6.45) is 0.117. The van der Waals surface area contributed by atoms with Crippen molar-refractivity contribution >= 4 is 0 Å². The summed E-state index contributed by atoms with van der Waals surface area (Å²) in [7, 11) is 5.48. The minimum atomic E-state index is 0.110. The van der Waals surface area contributed by atoms with E-state index in [2.05, 4.69) is 30.3 Å². The van der Waals surface area contributed by atoms with Crippen molar-refractivity contribution in [3.63, 3.8) is 0 Å². The molecule has 21 heavy (non-hydrogen) atoms. The summed E-state index contributed by atoms with van der Waals surface area (Å²) < 4.78 is 16.8. The number of rotatable bonds is 6. The first-order valence-corrected chi connectivity index (χ1v) is 7.45. The summed E-state index contributed by atoms with van der Waals surface area (Å²) in [5.74, 6) is 1.63. The summed E-state index contributed by atoms with van der Waals surface area (Å²) in [6.45, 7) is 5.64. The van der Waals surface area contributed by atoms with Crippen LogP contribution in [0.25, 0.3) is 0 Å². The van der Waals surface area contributed by atoms with Crippen LogP contribution in [0.3, 0.4) is 0 Å². The molecule has 5 nitrogen and oxygen atoms in total. The molecule has 1 heterocycles. The van der Waals surface area contributed by atoms with Crippen LogP contribution in [0.1, 0.15) is 18.5 Å². The van der Waals surface area contributed by atoms with Gasteiger partial charge in [-0.25, -0.2) is 0 Å². The maximum Gasteiger partial charge on any atom is 0.127 e. The molecule has 118 valence electrons. The van der Waals surface area contributed by atoms with Gasteiger partial charge in [0, 0.05) is 24.7 Å². The maximum absolute atomic E-state index is 5.98. The van der Waals surface area contributed by atoms with Gasteiger partial charge in [-0.15, -0.1) is 0 Å². The molecule has 0 saturated carbocycles. The fourth-order valence-electron chi connectivity index (χ4n) is 2.75. The van der Waals surface area contributed by atoms with Gasteiger partial charge in [0.25, 0.3) is 0 Å². The molecule has 2 rings (SSSR count). The van der Waals surface area contributed by atoms with E-state index < -0.39 is 0 Å². The van der Waals surface area contributed by atoms with E-state index in [0.29, 0.717) is 0 Å². The van der Waals surface area contributed by atoms with Crippen molar-refractivity contribution < 1.29 is 14.2 Å². The molecule has 2 atom stereocenters. The predicted molar refractivity (Wildman–Crippen MR) is 83.2 cm³/mol. The van der Waals surface area contributed by atoms with E-state index in [4.69, 9.17) is 14.2 Å². The number of nitrogens with one attached hydrogen (secondary N) is 1. The Morgan fingerprint density at radius 3 is 2.81 bits per heavy atom. The first-order chi connectivity index (χ1) is 10.2. The van der Waals surface area contributed by atoms with Crippen LogP contribution in [0.5, 0.6) is 11.5 Å². The zero-order valence-electron chi connectivity index (χ0n) is 13.4. The normalized spacial score (nSPS) is 21.0. The molecule has 1 aromatic rings. The van der Waals surface area contributed by atoms with Crippen molar-refractivity contribution in [1.29, 1.82) is 0 Å². The van der Waals surface area contributed by atoms with Crippen LogP contribution < -0.4 is 14.8 Å². The minimum absolute atomic E-state index is 0.110. The number of morpholine rings is 1. The van der Waals surface area contributed by atoms with Gasteiger partial charge in [-0.3, -0.25) is 0 Å². The van der Waals surface area contributed by atoms with Crippen LogP contribution in [-0.2, 0) is 4.74 Å². The average molecular weight is 294 g/mol. The SMILES string of the molecule is CCNC(c1ccc(OC)cc1OC)C1CN(C)CCO1. The Balaban J connectivity index is 2.28. The number of methoxy groups -OCH3 is 2. The molecule has 0 bridgehead atoms. The Morgan fingerprint density at radius 2 is 2.19 bits per heavy atom.